The number of nitrogens with one attached hydrogen (secondary N) is 1. The molecule has 0 saturated heterocycles. The molecule has 1 N–H and O–H groups in total. The van der Waals surface area contributed by atoms with Crippen molar-refractivity contribution in [1.29, 1.82) is 0 Å². The topological polar surface area (TPSA) is 77.2 Å². The van der Waals surface area contributed by atoms with Crippen LogP contribution in [0.1, 0.15) is 30.3 Å². The van der Waals surface area contributed by atoms with Gasteiger partial charge in [0.2, 0.25) is 17.6 Å². The van der Waals surface area contributed by atoms with Crippen LogP contribution in [-0.4, -0.2) is 22.7 Å². The monoisotopic (exact) mass is 367 g/mol. The van der Waals surface area contributed by atoms with Crippen LogP contribution in [0.25, 0.3) is 11.4 Å². The number of hydrogen-bond acceptors (Lipinski definition) is 5. The van der Waals surface area contributed by atoms with E-state index in [0.717, 1.165) is 17.7 Å². The zero-order valence-electron chi connectivity index (χ0n) is 14.5. The highest BCUT2D eigenvalue weighted by atomic mass is 19.1. The number of fused-ring (bicyclic) bond motifs is 1. The summed E-state index contributed by atoms with van der Waals surface area (Å²) in [6.45, 7) is 0.576. The van der Waals surface area contributed by atoms with E-state index in [1.54, 1.807) is 12.1 Å². The van der Waals surface area contributed by atoms with Gasteiger partial charge >= 0.3 is 0 Å². The Hall–Kier alpha value is -3.22. The summed E-state index contributed by atoms with van der Waals surface area (Å²) in [4.78, 5) is 16.6. The number of nitrogens with zero attached hydrogens (tertiary/aromatic N) is 2. The van der Waals surface area contributed by atoms with Crippen LogP contribution in [0.4, 0.5) is 4.39 Å². The van der Waals surface area contributed by atoms with Crippen molar-refractivity contribution in [2.24, 2.45) is 0 Å². The van der Waals surface area contributed by atoms with Crippen molar-refractivity contribution in [3.05, 3.63) is 65.8 Å². The molecule has 0 fully saturated rings. The summed E-state index contributed by atoms with van der Waals surface area (Å²) in [5.74, 6) is 1.16. The van der Waals surface area contributed by atoms with E-state index in [0.29, 0.717) is 30.3 Å². The van der Waals surface area contributed by atoms with Gasteiger partial charge in [-0.1, -0.05) is 23.4 Å². The van der Waals surface area contributed by atoms with Crippen LogP contribution < -0.4 is 10.1 Å². The lowest BCUT2D eigenvalue weighted by Gasteiger charge is -2.26. The molecule has 4 rings (SSSR count). The third-order valence-electron chi connectivity index (χ3n) is 4.43. The maximum absolute atomic E-state index is 13.0. The number of halogens is 1. The molecule has 6 nitrogen and oxygen atoms in total. The number of ether oxygens (including phenoxy) is 1. The van der Waals surface area contributed by atoms with Crippen LogP contribution in [0.5, 0.6) is 5.75 Å². The predicted molar refractivity (Wildman–Crippen MR) is 95.5 cm³/mol. The molecule has 1 aromatic heterocycles. The molecule has 1 amide bonds. The molecule has 2 heterocycles. The predicted octanol–water partition coefficient (Wildman–Crippen LogP) is 3.45. The second kappa shape index (κ2) is 7.57. The number of aryl methyl sites for hydroxylation is 1. The summed E-state index contributed by atoms with van der Waals surface area (Å²) in [5.41, 5.74) is 1.66. The van der Waals surface area contributed by atoms with Gasteiger partial charge in [0, 0.05) is 30.4 Å². The molecule has 2 aromatic carbocycles. The number of para-hydroxylation sites is 1. The molecule has 1 aliphatic heterocycles. The van der Waals surface area contributed by atoms with E-state index in [1.807, 2.05) is 24.3 Å². The van der Waals surface area contributed by atoms with E-state index in [2.05, 4.69) is 15.5 Å². The van der Waals surface area contributed by atoms with Crippen LogP contribution >= 0.6 is 0 Å². The van der Waals surface area contributed by atoms with Gasteiger partial charge in [-0.15, -0.1) is 0 Å². The lowest BCUT2D eigenvalue weighted by Crippen LogP contribution is -2.32. The summed E-state index contributed by atoms with van der Waals surface area (Å²) >= 11 is 0. The quantitative estimate of drug-likeness (QED) is 0.747. The molecule has 0 spiro atoms. The molecular formula is C20H18FN3O3. The first-order valence-electron chi connectivity index (χ1n) is 8.78. The third kappa shape index (κ3) is 3.97. The van der Waals surface area contributed by atoms with Crippen LogP contribution in [0.15, 0.2) is 53.1 Å². The summed E-state index contributed by atoms with van der Waals surface area (Å²) in [5, 5.41) is 6.92. The van der Waals surface area contributed by atoms with Crippen LogP contribution in [0, 0.1) is 5.82 Å². The molecule has 0 bridgehead atoms. The zero-order valence-corrected chi connectivity index (χ0v) is 14.5. The molecule has 1 unspecified atom stereocenters. The molecule has 7 heteroatoms. The van der Waals surface area contributed by atoms with Crippen molar-refractivity contribution < 1.29 is 18.4 Å². The smallest absolute Gasteiger partial charge is 0.227 e. The van der Waals surface area contributed by atoms with Gasteiger partial charge < -0.3 is 14.6 Å². The molecule has 27 heavy (non-hydrogen) atoms. The molecule has 0 saturated carbocycles. The van der Waals surface area contributed by atoms with E-state index >= 15 is 0 Å². The largest absolute Gasteiger partial charge is 0.493 e. The Bertz CT molecular complexity index is 940. The van der Waals surface area contributed by atoms with Gasteiger partial charge in [-0.2, -0.15) is 4.98 Å². The van der Waals surface area contributed by atoms with Crippen molar-refractivity contribution in [3.63, 3.8) is 0 Å². The fourth-order valence-electron chi connectivity index (χ4n) is 3.05. The first-order chi connectivity index (χ1) is 13.2. The van der Waals surface area contributed by atoms with Crippen LogP contribution in [0.2, 0.25) is 0 Å². The zero-order chi connectivity index (χ0) is 18.6. The highest BCUT2D eigenvalue weighted by Gasteiger charge is 2.22. The van der Waals surface area contributed by atoms with Crippen LogP contribution in [-0.2, 0) is 11.2 Å². The minimum atomic E-state index is -0.325. The van der Waals surface area contributed by atoms with E-state index < -0.39 is 0 Å². The first kappa shape index (κ1) is 17.2. The Morgan fingerprint density at radius 2 is 2.00 bits per heavy atom. The van der Waals surface area contributed by atoms with Gasteiger partial charge in [-0.3, -0.25) is 4.79 Å². The van der Waals surface area contributed by atoms with Crippen molar-refractivity contribution in [2.45, 2.75) is 25.3 Å². The summed E-state index contributed by atoms with van der Waals surface area (Å²) in [6.07, 6.45) is 1.31. The fourth-order valence-corrected chi connectivity index (χ4v) is 3.05. The Balaban J connectivity index is 1.34. The average Bonchev–Trinajstić information content (AvgIpc) is 3.16. The average molecular weight is 367 g/mol. The maximum Gasteiger partial charge on any atom is 0.227 e. The van der Waals surface area contributed by atoms with Gasteiger partial charge in [0.1, 0.15) is 11.6 Å². The number of rotatable bonds is 5. The number of carbonyl (C=O) groups excluding carboxylic acids is 1. The van der Waals surface area contributed by atoms with Gasteiger partial charge in [-0.05, 0) is 30.3 Å². The molecule has 0 radical (unpaired) electrons. The van der Waals surface area contributed by atoms with Gasteiger partial charge in [0.25, 0.3) is 0 Å². The Labute approximate surface area is 155 Å². The molecule has 1 atom stereocenters. The van der Waals surface area contributed by atoms with Crippen LogP contribution in [0.3, 0.4) is 0 Å². The minimum absolute atomic E-state index is 0.0556. The summed E-state index contributed by atoms with van der Waals surface area (Å²) in [6, 6.07) is 13.5. The Morgan fingerprint density at radius 1 is 1.19 bits per heavy atom. The van der Waals surface area contributed by atoms with Crippen molar-refractivity contribution >= 4 is 5.91 Å². The molecular weight excluding hydrogens is 349 g/mol. The standard InChI is InChI=1S/C20H18FN3O3/c21-14-7-5-13(6-8-14)20-23-19(27-24-20)10-9-18(25)22-16-11-12-26-17-4-2-1-3-15(16)17/h1-8,16H,9-12H2,(H,22,25). The number of hydrogen-bond donors (Lipinski definition) is 1. The molecule has 1 aliphatic rings. The highest BCUT2D eigenvalue weighted by molar-refractivity contribution is 5.76. The van der Waals surface area contributed by atoms with Crippen molar-refractivity contribution in [1.82, 2.24) is 15.5 Å². The number of benzene rings is 2. The lowest BCUT2D eigenvalue weighted by molar-refractivity contribution is -0.122. The lowest BCUT2D eigenvalue weighted by atomic mass is 10.0. The van der Waals surface area contributed by atoms with Gasteiger partial charge in [0.15, 0.2) is 0 Å². The normalized spacial score (nSPS) is 15.7. The summed E-state index contributed by atoms with van der Waals surface area (Å²) in [7, 11) is 0. The minimum Gasteiger partial charge on any atom is -0.493 e. The van der Waals surface area contributed by atoms with E-state index in [1.165, 1.54) is 12.1 Å². The number of amides is 1. The van der Waals surface area contributed by atoms with Gasteiger partial charge in [-0.25, -0.2) is 4.39 Å². The highest BCUT2D eigenvalue weighted by Crippen LogP contribution is 2.31. The molecule has 0 aliphatic carbocycles. The third-order valence-corrected chi connectivity index (χ3v) is 4.43. The van der Waals surface area contributed by atoms with Crippen molar-refractivity contribution in [2.75, 3.05) is 6.61 Å². The van der Waals surface area contributed by atoms with E-state index in [-0.39, 0.29) is 24.2 Å². The Morgan fingerprint density at radius 3 is 2.85 bits per heavy atom. The second-order valence-corrected chi connectivity index (χ2v) is 6.31. The SMILES string of the molecule is O=C(CCc1nc(-c2ccc(F)cc2)no1)NC1CCOc2ccccc21. The first-order valence-corrected chi connectivity index (χ1v) is 8.78. The fraction of sp³-hybridized carbons (Fsp3) is 0.250. The molecule has 3 aromatic rings. The van der Waals surface area contributed by atoms with E-state index in [4.69, 9.17) is 9.26 Å². The number of aromatic nitrogens is 2. The van der Waals surface area contributed by atoms with E-state index in [9.17, 15) is 9.18 Å². The second-order valence-electron chi connectivity index (χ2n) is 6.31. The number of carbonyl (C=O) groups is 1. The maximum atomic E-state index is 13.0. The molecule has 138 valence electrons. The summed E-state index contributed by atoms with van der Waals surface area (Å²) < 4.78 is 23.8. The van der Waals surface area contributed by atoms with Crippen molar-refractivity contribution in [3.8, 4) is 17.1 Å². The van der Waals surface area contributed by atoms with Gasteiger partial charge in [0.05, 0.1) is 12.6 Å². The Kier molecular flexibility index (Phi) is 4.82.